The van der Waals surface area contributed by atoms with Crippen molar-refractivity contribution in [3.8, 4) is 11.3 Å². The number of carbonyl (C=O) groups is 1. The van der Waals surface area contributed by atoms with E-state index in [-0.39, 0.29) is 5.91 Å². The van der Waals surface area contributed by atoms with E-state index >= 15 is 0 Å². The zero-order valence-corrected chi connectivity index (χ0v) is 11.5. The minimum atomic E-state index is 0.0655. The third-order valence-corrected chi connectivity index (χ3v) is 3.86. The average Bonchev–Trinajstić information content (AvgIpc) is 3.00. The Hall–Kier alpha value is -1.88. The quantitative estimate of drug-likeness (QED) is 0.900. The van der Waals surface area contributed by atoms with Gasteiger partial charge in [0.2, 0.25) is 5.91 Å². The Bertz CT molecular complexity index is 621. The van der Waals surface area contributed by atoms with E-state index in [1.807, 2.05) is 23.6 Å². The lowest BCUT2D eigenvalue weighted by atomic mass is 10.1. The van der Waals surface area contributed by atoms with Gasteiger partial charge in [-0.05, 0) is 24.1 Å². The van der Waals surface area contributed by atoms with Crippen LogP contribution in [0, 0.1) is 0 Å². The molecule has 0 radical (unpaired) electrons. The minimum absolute atomic E-state index is 0.0655. The number of nitrogens with zero attached hydrogens (tertiary/aromatic N) is 1. The molecule has 2 heterocycles. The number of nitrogens with one attached hydrogen (secondary N) is 2. The summed E-state index contributed by atoms with van der Waals surface area (Å²) in [6.45, 7) is 3.07. The average molecular weight is 273 g/mol. The van der Waals surface area contributed by atoms with Crippen LogP contribution in [0.25, 0.3) is 11.3 Å². The van der Waals surface area contributed by atoms with Gasteiger partial charge in [0, 0.05) is 23.2 Å². The highest BCUT2D eigenvalue weighted by Gasteiger charge is 2.18. The van der Waals surface area contributed by atoms with Crippen LogP contribution in [-0.4, -0.2) is 17.4 Å². The zero-order chi connectivity index (χ0) is 13.2. The summed E-state index contributed by atoms with van der Waals surface area (Å²) in [4.78, 5) is 15.9. The van der Waals surface area contributed by atoms with Gasteiger partial charge in [-0.15, -0.1) is 11.3 Å². The predicted molar refractivity (Wildman–Crippen MR) is 78.7 cm³/mol. The Morgan fingerprint density at radius 2 is 2.37 bits per heavy atom. The molecule has 1 aromatic carbocycles. The number of aromatic nitrogens is 1. The van der Waals surface area contributed by atoms with Gasteiger partial charge >= 0.3 is 0 Å². The summed E-state index contributed by atoms with van der Waals surface area (Å²) in [5, 5.41) is 9.12. The third-order valence-electron chi connectivity index (χ3n) is 3.06. The molecular weight excluding hydrogens is 258 g/mol. The van der Waals surface area contributed by atoms with Gasteiger partial charge in [0.1, 0.15) is 0 Å². The van der Waals surface area contributed by atoms with E-state index in [0.717, 1.165) is 40.6 Å². The number of fused-ring (bicyclic) bond motifs is 1. The molecule has 1 aromatic heterocycles. The summed E-state index contributed by atoms with van der Waals surface area (Å²) in [5.41, 5.74) is 4.01. The predicted octanol–water partition coefficient (Wildman–Crippen LogP) is 3.13. The maximum atomic E-state index is 11.3. The monoisotopic (exact) mass is 273 g/mol. The highest BCUT2D eigenvalue weighted by Crippen LogP contribution is 2.30. The maximum Gasteiger partial charge on any atom is 0.228 e. The number of anilines is 2. The van der Waals surface area contributed by atoms with E-state index in [1.54, 1.807) is 11.3 Å². The number of hydrogen-bond acceptors (Lipinski definition) is 4. The maximum absolute atomic E-state index is 11.3. The van der Waals surface area contributed by atoms with E-state index in [0.29, 0.717) is 6.42 Å². The molecule has 19 heavy (non-hydrogen) atoms. The molecule has 5 heteroatoms. The standard InChI is InChI=1S/C14H15N3OS/c1-2-5-15-14-17-12(8-19-14)9-3-4-11-10(6-9)7-13(18)16-11/h3-4,6,8H,2,5,7H2,1H3,(H,15,17)(H,16,18). The molecule has 0 saturated heterocycles. The topological polar surface area (TPSA) is 54.0 Å². The Kier molecular flexibility index (Phi) is 3.21. The normalized spacial score (nSPS) is 13.2. The van der Waals surface area contributed by atoms with Crippen LogP contribution in [0.4, 0.5) is 10.8 Å². The summed E-state index contributed by atoms with van der Waals surface area (Å²) in [7, 11) is 0. The lowest BCUT2D eigenvalue weighted by Gasteiger charge is -2.01. The summed E-state index contributed by atoms with van der Waals surface area (Å²) in [6, 6.07) is 6.00. The first kappa shape index (κ1) is 12.2. The van der Waals surface area contributed by atoms with Crippen LogP contribution < -0.4 is 10.6 Å². The van der Waals surface area contributed by atoms with Gasteiger partial charge in [-0.1, -0.05) is 13.0 Å². The Morgan fingerprint density at radius 1 is 1.47 bits per heavy atom. The van der Waals surface area contributed by atoms with Crippen LogP contribution in [0.15, 0.2) is 23.6 Å². The van der Waals surface area contributed by atoms with Gasteiger partial charge in [-0.25, -0.2) is 4.98 Å². The summed E-state index contributed by atoms with van der Waals surface area (Å²) in [6.07, 6.45) is 1.55. The van der Waals surface area contributed by atoms with Gasteiger partial charge in [0.25, 0.3) is 0 Å². The molecule has 0 bridgehead atoms. The van der Waals surface area contributed by atoms with E-state index in [4.69, 9.17) is 0 Å². The highest BCUT2D eigenvalue weighted by atomic mass is 32.1. The van der Waals surface area contributed by atoms with E-state index in [1.165, 1.54) is 0 Å². The van der Waals surface area contributed by atoms with Crippen LogP contribution >= 0.6 is 11.3 Å². The number of benzene rings is 1. The van der Waals surface area contributed by atoms with Crippen molar-refractivity contribution in [1.29, 1.82) is 0 Å². The van der Waals surface area contributed by atoms with Gasteiger partial charge < -0.3 is 10.6 Å². The number of rotatable bonds is 4. The summed E-state index contributed by atoms with van der Waals surface area (Å²) in [5.74, 6) is 0.0655. The molecule has 98 valence electrons. The smallest absolute Gasteiger partial charge is 0.228 e. The van der Waals surface area contributed by atoms with Gasteiger partial charge in [-0.3, -0.25) is 4.79 Å². The van der Waals surface area contributed by atoms with Crippen molar-refractivity contribution >= 4 is 28.1 Å². The summed E-state index contributed by atoms with van der Waals surface area (Å²) >= 11 is 1.61. The molecule has 0 saturated carbocycles. The van der Waals surface area contributed by atoms with E-state index in [2.05, 4.69) is 22.5 Å². The molecule has 3 rings (SSSR count). The van der Waals surface area contributed by atoms with Crippen LogP contribution in [0.1, 0.15) is 18.9 Å². The molecule has 0 spiro atoms. The molecule has 4 nitrogen and oxygen atoms in total. The molecule has 1 aliphatic rings. The van der Waals surface area contributed by atoms with Crippen molar-refractivity contribution in [2.45, 2.75) is 19.8 Å². The number of thiazole rings is 1. The SMILES string of the molecule is CCCNc1nc(-c2ccc3c(c2)CC(=O)N3)cs1. The fraction of sp³-hybridized carbons (Fsp3) is 0.286. The number of carbonyl (C=O) groups excluding carboxylic acids is 1. The molecule has 2 aromatic rings. The third kappa shape index (κ3) is 2.46. The Balaban J connectivity index is 1.84. The second kappa shape index (κ2) is 5.01. The van der Waals surface area contributed by atoms with Crippen molar-refractivity contribution in [2.75, 3.05) is 17.2 Å². The first-order chi connectivity index (χ1) is 9.26. The fourth-order valence-electron chi connectivity index (χ4n) is 2.11. The number of hydrogen-bond donors (Lipinski definition) is 2. The molecule has 1 aliphatic heterocycles. The van der Waals surface area contributed by atoms with Crippen LogP contribution in [0.2, 0.25) is 0 Å². The minimum Gasteiger partial charge on any atom is -0.362 e. The summed E-state index contributed by atoms with van der Waals surface area (Å²) < 4.78 is 0. The molecule has 2 N–H and O–H groups in total. The first-order valence-corrected chi connectivity index (χ1v) is 7.27. The molecule has 0 fully saturated rings. The molecular formula is C14H15N3OS. The van der Waals surface area contributed by atoms with Crippen molar-refractivity contribution in [1.82, 2.24) is 4.98 Å². The Labute approximate surface area is 115 Å². The van der Waals surface area contributed by atoms with E-state index in [9.17, 15) is 4.79 Å². The largest absolute Gasteiger partial charge is 0.362 e. The first-order valence-electron chi connectivity index (χ1n) is 6.39. The van der Waals surface area contributed by atoms with Crippen molar-refractivity contribution in [3.05, 3.63) is 29.1 Å². The van der Waals surface area contributed by atoms with Gasteiger partial charge in [0.05, 0.1) is 12.1 Å². The van der Waals surface area contributed by atoms with E-state index < -0.39 is 0 Å². The second-order valence-corrected chi connectivity index (χ2v) is 5.42. The molecule has 0 aliphatic carbocycles. The van der Waals surface area contributed by atoms with Gasteiger partial charge in [-0.2, -0.15) is 0 Å². The zero-order valence-electron chi connectivity index (χ0n) is 10.7. The molecule has 1 amide bonds. The molecule has 0 unspecified atom stereocenters. The highest BCUT2D eigenvalue weighted by molar-refractivity contribution is 7.14. The van der Waals surface area contributed by atoms with Gasteiger partial charge in [0.15, 0.2) is 5.13 Å². The van der Waals surface area contributed by atoms with Crippen molar-refractivity contribution in [3.63, 3.8) is 0 Å². The van der Waals surface area contributed by atoms with Crippen LogP contribution in [0.3, 0.4) is 0 Å². The van der Waals surface area contributed by atoms with Crippen LogP contribution in [-0.2, 0) is 11.2 Å². The Morgan fingerprint density at radius 3 is 3.21 bits per heavy atom. The lowest BCUT2D eigenvalue weighted by Crippen LogP contribution is -2.03. The molecule has 0 atom stereocenters. The number of amides is 1. The second-order valence-electron chi connectivity index (χ2n) is 4.56. The van der Waals surface area contributed by atoms with Crippen molar-refractivity contribution < 1.29 is 4.79 Å². The van der Waals surface area contributed by atoms with Crippen molar-refractivity contribution in [2.24, 2.45) is 0 Å². The fourth-order valence-corrected chi connectivity index (χ4v) is 2.86. The van der Waals surface area contributed by atoms with Crippen LogP contribution in [0.5, 0.6) is 0 Å². The lowest BCUT2D eigenvalue weighted by molar-refractivity contribution is -0.115.